The first-order valence-corrected chi connectivity index (χ1v) is 8.33. The number of ketones is 1. The molecule has 0 radical (unpaired) electrons. The lowest BCUT2D eigenvalue weighted by molar-refractivity contribution is -0.119. The molecule has 0 unspecified atom stereocenters. The van der Waals surface area contributed by atoms with Crippen LogP contribution in [0.3, 0.4) is 0 Å². The summed E-state index contributed by atoms with van der Waals surface area (Å²) in [5, 5.41) is 0.164. The van der Waals surface area contributed by atoms with E-state index in [4.69, 9.17) is 0 Å². The lowest BCUT2D eigenvalue weighted by Gasteiger charge is -2.20. The van der Waals surface area contributed by atoms with Gasteiger partial charge in [0, 0.05) is 24.0 Å². The number of thioether (sulfide) groups is 1. The van der Waals surface area contributed by atoms with Gasteiger partial charge in [-0.2, -0.15) is 0 Å². The van der Waals surface area contributed by atoms with Crippen LogP contribution in [0.4, 0.5) is 0 Å². The van der Waals surface area contributed by atoms with E-state index in [9.17, 15) is 9.59 Å². The Balaban J connectivity index is 2.84. The lowest BCUT2D eigenvalue weighted by Crippen LogP contribution is -2.15. The van der Waals surface area contributed by atoms with Crippen LogP contribution in [0.25, 0.3) is 0 Å². The second-order valence-electron chi connectivity index (χ2n) is 6.49. The highest BCUT2D eigenvalue weighted by Crippen LogP contribution is 2.31. The number of aryl methyl sites for hydroxylation is 1. The summed E-state index contributed by atoms with van der Waals surface area (Å²) in [5.41, 5.74) is 2.28. The van der Waals surface area contributed by atoms with Crippen molar-refractivity contribution in [2.75, 3.05) is 0 Å². The van der Waals surface area contributed by atoms with Crippen LogP contribution in [0.1, 0.15) is 64.0 Å². The van der Waals surface area contributed by atoms with Gasteiger partial charge in [-0.1, -0.05) is 69.3 Å². The Morgan fingerprint density at radius 1 is 1.10 bits per heavy atom. The average Bonchev–Trinajstić information content (AvgIpc) is 2.36. The Morgan fingerprint density at radius 3 is 2.14 bits per heavy atom. The third kappa shape index (κ3) is 6.94. The summed E-state index contributed by atoms with van der Waals surface area (Å²) in [6.45, 7) is 10.0. The van der Waals surface area contributed by atoms with Crippen LogP contribution in [0.15, 0.2) is 24.3 Å². The molecule has 0 heterocycles. The van der Waals surface area contributed by atoms with Gasteiger partial charge < -0.3 is 0 Å². The first-order chi connectivity index (χ1) is 9.71. The Bertz CT molecular complexity index is 483. The molecule has 1 aromatic rings. The largest absolute Gasteiger partial charge is 0.300 e. The maximum absolute atomic E-state index is 12.2. The van der Waals surface area contributed by atoms with Crippen molar-refractivity contribution in [1.82, 2.24) is 0 Å². The highest BCUT2D eigenvalue weighted by Gasteiger charge is 2.23. The normalized spacial score (nSPS) is 13.0. The SMILES string of the molecule is CCC(=O)C[C@@H](CC(=O)SC(C)(C)C)c1ccc(C)cc1. The number of hydrogen-bond donors (Lipinski definition) is 0. The van der Waals surface area contributed by atoms with Crippen LogP contribution in [0.5, 0.6) is 0 Å². The predicted octanol–water partition coefficient (Wildman–Crippen LogP) is 4.90. The van der Waals surface area contributed by atoms with Gasteiger partial charge in [0.1, 0.15) is 5.78 Å². The maximum atomic E-state index is 12.2. The van der Waals surface area contributed by atoms with Crippen LogP contribution in [0, 0.1) is 6.92 Å². The van der Waals surface area contributed by atoms with Crippen molar-refractivity contribution in [2.24, 2.45) is 0 Å². The zero-order valence-electron chi connectivity index (χ0n) is 13.7. The summed E-state index contributed by atoms with van der Waals surface area (Å²) in [4.78, 5) is 24.0. The van der Waals surface area contributed by atoms with Gasteiger partial charge in [0.25, 0.3) is 0 Å². The van der Waals surface area contributed by atoms with E-state index in [1.165, 1.54) is 17.3 Å². The molecule has 116 valence electrons. The fourth-order valence-electron chi connectivity index (χ4n) is 2.15. The molecule has 0 bridgehead atoms. The molecule has 0 aromatic heterocycles. The second kappa shape index (κ2) is 7.79. The van der Waals surface area contributed by atoms with Crippen LogP contribution >= 0.6 is 11.8 Å². The smallest absolute Gasteiger partial charge is 0.190 e. The quantitative estimate of drug-likeness (QED) is 0.750. The summed E-state index contributed by atoms with van der Waals surface area (Å²) >= 11 is 1.37. The van der Waals surface area contributed by atoms with Crippen molar-refractivity contribution in [3.8, 4) is 0 Å². The molecule has 0 fully saturated rings. The first kappa shape index (κ1) is 18.0. The Hall–Kier alpha value is -1.09. The fourth-order valence-corrected chi connectivity index (χ4v) is 3.12. The van der Waals surface area contributed by atoms with E-state index in [1.54, 1.807) is 0 Å². The molecule has 0 aliphatic heterocycles. The van der Waals surface area contributed by atoms with Gasteiger partial charge in [-0.3, -0.25) is 9.59 Å². The summed E-state index contributed by atoms with van der Waals surface area (Å²) in [5.74, 6) is 0.217. The minimum Gasteiger partial charge on any atom is -0.300 e. The van der Waals surface area contributed by atoms with E-state index >= 15 is 0 Å². The summed E-state index contributed by atoms with van der Waals surface area (Å²) < 4.78 is -0.0797. The molecular weight excluding hydrogens is 280 g/mol. The first-order valence-electron chi connectivity index (χ1n) is 7.51. The molecule has 1 rings (SSSR count). The van der Waals surface area contributed by atoms with Crippen molar-refractivity contribution in [1.29, 1.82) is 0 Å². The average molecular weight is 306 g/mol. The van der Waals surface area contributed by atoms with Gasteiger partial charge >= 0.3 is 0 Å². The molecule has 0 aliphatic carbocycles. The molecule has 2 nitrogen and oxygen atoms in total. The van der Waals surface area contributed by atoms with Crippen molar-refractivity contribution in [3.05, 3.63) is 35.4 Å². The van der Waals surface area contributed by atoms with Crippen LogP contribution in [0.2, 0.25) is 0 Å². The lowest BCUT2D eigenvalue weighted by atomic mass is 9.90. The van der Waals surface area contributed by atoms with Gasteiger partial charge in [0.05, 0.1) is 0 Å². The van der Waals surface area contributed by atoms with Crippen molar-refractivity contribution < 1.29 is 9.59 Å². The molecule has 0 saturated heterocycles. The molecule has 0 saturated carbocycles. The summed E-state index contributed by atoms with van der Waals surface area (Å²) in [7, 11) is 0. The van der Waals surface area contributed by atoms with Gasteiger partial charge in [-0.25, -0.2) is 0 Å². The summed E-state index contributed by atoms with van der Waals surface area (Å²) in [6, 6.07) is 8.16. The minimum absolute atomic E-state index is 0.000370. The van der Waals surface area contributed by atoms with Crippen LogP contribution < -0.4 is 0 Å². The van der Waals surface area contributed by atoms with E-state index in [0.29, 0.717) is 19.3 Å². The Kier molecular flexibility index (Phi) is 6.66. The minimum atomic E-state index is -0.0797. The zero-order valence-corrected chi connectivity index (χ0v) is 14.5. The van der Waals surface area contributed by atoms with Gasteiger partial charge in [0.2, 0.25) is 0 Å². The molecule has 0 spiro atoms. The number of benzene rings is 1. The molecule has 3 heteroatoms. The van der Waals surface area contributed by atoms with Crippen LogP contribution in [-0.4, -0.2) is 15.6 Å². The molecule has 0 aliphatic rings. The predicted molar refractivity (Wildman–Crippen MR) is 90.8 cm³/mol. The highest BCUT2D eigenvalue weighted by atomic mass is 32.2. The van der Waals surface area contributed by atoms with Crippen molar-refractivity contribution in [3.63, 3.8) is 0 Å². The van der Waals surface area contributed by atoms with Crippen molar-refractivity contribution >= 4 is 22.7 Å². The van der Waals surface area contributed by atoms with Gasteiger partial charge in [-0.15, -0.1) is 0 Å². The molecule has 0 N–H and O–H groups in total. The Morgan fingerprint density at radius 2 is 1.67 bits per heavy atom. The summed E-state index contributed by atoms with van der Waals surface area (Å²) in [6.07, 6.45) is 1.41. The fraction of sp³-hybridized carbons (Fsp3) is 0.556. The number of carbonyl (C=O) groups is 2. The topological polar surface area (TPSA) is 34.1 Å². The van der Waals surface area contributed by atoms with E-state index in [1.807, 2.05) is 58.9 Å². The van der Waals surface area contributed by atoms with E-state index in [0.717, 1.165) is 5.56 Å². The molecule has 1 aromatic carbocycles. The van der Waals surface area contributed by atoms with Crippen molar-refractivity contribution in [2.45, 2.75) is 64.5 Å². The number of hydrogen-bond acceptors (Lipinski definition) is 3. The van der Waals surface area contributed by atoms with E-state index in [-0.39, 0.29) is 21.6 Å². The van der Waals surface area contributed by atoms with Gasteiger partial charge in [-0.05, 0) is 18.4 Å². The standard InChI is InChI=1S/C18H26O2S/c1-6-16(19)11-15(12-17(20)21-18(3,4)5)14-9-7-13(2)8-10-14/h7-10,15H,6,11-12H2,1-5H3/t15-/m0/s1. The highest BCUT2D eigenvalue weighted by molar-refractivity contribution is 8.14. The zero-order chi connectivity index (χ0) is 16.0. The van der Waals surface area contributed by atoms with Gasteiger partial charge in [0.15, 0.2) is 5.12 Å². The number of rotatable bonds is 6. The van der Waals surface area contributed by atoms with E-state index < -0.39 is 0 Å². The molecule has 21 heavy (non-hydrogen) atoms. The third-order valence-electron chi connectivity index (χ3n) is 3.25. The Labute approximate surface area is 132 Å². The third-order valence-corrected chi connectivity index (χ3v) is 4.26. The van der Waals surface area contributed by atoms with E-state index in [2.05, 4.69) is 0 Å². The molecular formula is C18H26O2S. The molecule has 1 atom stereocenters. The maximum Gasteiger partial charge on any atom is 0.190 e. The second-order valence-corrected chi connectivity index (χ2v) is 8.38. The molecule has 0 amide bonds. The monoisotopic (exact) mass is 306 g/mol. The van der Waals surface area contributed by atoms with Crippen LogP contribution in [-0.2, 0) is 9.59 Å². The number of carbonyl (C=O) groups excluding carboxylic acids is 2. The number of Topliss-reactive ketones (excluding diaryl/α,β-unsaturated/α-hetero) is 1.